The molecule has 3 aromatic heterocycles. The molecule has 2 aromatic carbocycles. The maximum atomic E-state index is 13.3. The fourth-order valence-electron chi connectivity index (χ4n) is 5.50. The monoisotopic (exact) mass is 599 g/mol. The number of likely N-dealkylation sites (tertiary alicyclic amines) is 1. The first-order valence-corrected chi connectivity index (χ1v) is 14.6. The Morgan fingerprint density at radius 1 is 1.16 bits per heavy atom. The SMILES string of the molecule is Cc1nn2c(NCc3cccc(-c4nccn4C)c3)cc(C(C)(C)O)nc2c1-c1ccc(Cl)c(C(=O)N2CC[C@H](O)C2)c1. The van der Waals surface area contributed by atoms with Crippen molar-refractivity contribution in [3.63, 3.8) is 0 Å². The van der Waals surface area contributed by atoms with E-state index >= 15 is 0 Å². The number of hydrogen-bond acceptors (Lipinski definition) is 7. The highest BCUT2D eigenvalue weighted by atomic mass is 35.5. The number of carbonyl (C=O) groups excluding carboxylic acids is 1. The number of β-amino-alcohol motifs (C(OH)–C–C–N with tert-alkyl or cyclic N) is 1. The molecule has 0 aliphatic carbocycles. The molecule has 0 saturated carbocycles. The van der Waals surface area contributed by atoms with Gasteiger partial charge in [-0.15, -0.1) is 0 Å². The number of benzene rings is 2. The average Bonchev–Trinajstić information content (AvgIpc) is 3.69. The number of nitrogens with one attached hydrogen (secondary N) is 1. The van der Waals surface area contributed by atoms with Crippen molar-refractivity contribution in [3.8, 4) is 22.5 Å². The van der Waals surface area contributed by atoms with Crippen LogP contribution in [-0.2, 0) is 19.2 Å². The number of anilines is 1. The minimum Gasteiger partial charge on any atom is -0.391 e. The molecule has 0 spiro atoms. The van der Waals surface area contributed by atoms with Gasteiger partial charge >= 0.3 is 0 Å². The Kier molecular flexibility index (Phi) is 7.45. The summed E-state index contributed by atoms with van der Waals surface area (Å²) in [6, 6.07) is 15.3. The third-order valence-corrected chi connectivity index (χ3v) is 8.14. The van der Waals surface area contributed by atoms with Crippen LogP contribution in [0.3, 0.4) is 0 Å². The molecule has 1 amide bonds. The third-order valence-electron chi connectivity index (χ3n) is 7.81. The number of hydrogen-bond donors (Lipinski definition) is 3. The van der Waals surface area contributed by atoms with Gasteiger partial charge in [-0.3, -0.25) is 4.79 Å². The zero-order valence-electron chi connectivity index (χ0n) is 24.5. The summed E-state index contributed by atoms with van der Waals surface area (Å²) in [7, 11) is 1.97. The Labute approximate surface area is 254 Å². The van der Waals surface area contributed by atoms with E-state index in [1.165, 1.54) is 0 Å². The number of halogens is 1. The van der Waals surface area contributed by atoms with Gasteiger partial charge in [-0.2, -0.15) is 9.61 Å². The fraction of sp³-hybridized carbons (Fsp3) is 0.312. The first kappa shape index (κ1) is 28.9. The van der Waals surface area contributed by atoms with Gasteiger partial charge in [-0.1, -0.05) is 35.9 Å². The third kappa shape index (κ3) is 5.61. The molecule has 0 radical (unpaired) electrons. The quantitative estimate of drug-likeness (QED) is 0.246. The first-order valence-electron chi connectivity index (χ1n) is 14.2. The number of amides is 1. The second-order valence-electron chi connectivity index (χ2n) is 11.6. The van der Waals surface area contributed by atoms with Gasteiger partial charge in [0.25, 0.3) is 5.91 Å². The van der Waals surface area contributed by atoms with Gasteiger partial charge in [0.1, 0.15) is 17.2 Å². The summed E-state index contributed by atoms with van der Waals surface area (Å²) in [4.78, 5) is 24.2. The molecule has 0 bridgehead atoms. The molecular weight excluding hydrogens is 566 g/mol. The molecule has 5 aromatic rings. The van der Waals surface area contributed by atoms with Gasteiger partial charge in [-0.25, -0.2) is 9.97 Å². The second kappa shape index (κ2) is 11.1. The lowest BCUT2D eigenvalue weighted by molar-refractivity contribution is 0.0739. The summed E-state index contributed by atoms with van der Waals surface area (Å²) >= 11 is 6.49. The maximum absolute atomic E-state index is 13.3. The van der Waals surface area contributed by atoms with E-state index in [1.54, 1.807) is 47.7 Å². The molecule has 1 aliphatic rings. The van der Waals surface area contributed by atoms with E-state index in [2.05, 4.69) is 16.4 Å². The number of aliphatic hydroxyl groups is 2. The van der Waals surface area contributed by atoms with E-state index in [-0.39, 0.29) is 12.5 Å². The Morgan fingerprint density at radius 3 is 2.67 bits per heavy atom. The second-order valence-corrected chi connectivity index (χ2v) is 12.0. The van der Waals surface area contributed by atoms with Gasteiger partial charge in [0.2, 0.25) is 0 Å². The smallest absolute Gasteiger partial charge is 0.255 e. The van der Waals surface area contributed by atoms with Gasteiger partial charge in [0.05, 0.1) is 28.1 Å². The van der Waals surface area contributed by atoms with Crippen molar-refractivity contribution in [2.45, 2.75) is 45.4 Å². The normalized spacial score (nSPS) is 15.4. The van der Waals surface area contributed by atoms with Crippen LogP contribution >= 0.6 is 11.6 Å². The zero-order chi connectivity index (χ0) is 30.5. The number of nitrogens with zero attached hydrogens (tertiary/aromatic N) is 6. The highest BCUT2D eigenvalue weighted by molar-refractivity contribution is 6.34. The van der Waals surface area contributed by atoms with Gasteiger partial charge in [0.15, 0.2) is 5.65 Å². The van der Waals surface area contributed by atoms with Crippen molar-refractivity contribution in [2.75, 3.05) is 18.4 Å². The number of aliphatic hydroxyl groups excluding tert-OH is 1. The number of aromatic nitrogens is 5. The number of fused-ring (bicyclic) bond motifs is 1. The largest absolute Gasteiger partial charge is 0.391 e. The molecule has 6 rings (SSSR count). The molecule has 222 valence electrons. The Balaban J connectivity index is 1.39. The predicted octanol–water partition coefficient (Wildman–Crippen LogP) is 4.80. The average molecular weight is 600 g/mol. The topological polar surface area (TPSA) is 121 Å². The molecule has 10 nitrogen and oxygen atoms in total. The van der Waals surface area contributed by atoms with Crippen LogP contribution < -0.4 is 5.32 Å². The van der Waals surface area contributed by atoms with E-state index < -0.39 is 11.7 Å². The van der Waals surface area contributed by atoms with Gasteiger partial charge in [-0.05, 0) is 56.5 Å². The number of carbonyl (C=O) groups is 1. The van der Waals surface area contributed by atoms with Crippen molar-refractivity contribution in [1.82, 2.24) is 29.0 Å². The van der Waals surface area contributed by atoms with Crippen molar-refractivity contribution < 1.29 is 15.0 Å². The molecule has 3 N–H and O–H groups in total. The van der Waals surface area contributed by atoms with E-state index in [0.717, 1.165) is 28.1 Å². The summed E-state index contributed by atoms with van der Waals surface area (Å²) in [5, 5.41) is 29.6. The van der Waals surface area contributed by atoms with Crippen molar-refractivity contribution in [3.05, 3.63) is 88.5 Å². The molecular formula is C32H34ClN7O3. The molecule has 11 heteroatoms. The van der Waals surface area contributed by atoms with E-state index in [9.17, 15) is 15.0 Å². The number of imidazole rings is 1. The highest BCUT2D eigenvalue weighted by Crippen LogP contribution is 2.34. The van der Waals surface area contributed by atoms with Crippen LogP contribution in [0.4, 0.5) is 5.82 Å². The summed E-state index contributed by atoms with van der Waals surface area (Å²) in [5.41, 5.74) is 4.38. The van der Waals surface area contributed by atoms with Crippen LogP contribution in [0.25, 0.3) is 28.2 Å². The summed E-state index contributed by atoms with van der Waals surface area (Å²) in [6.45, 7) is 6.54. The summed E-state index contributed by atoms with van der Waals surface area (Å²) < 4.78 is 3.71. The standard InChI is InChI=1S/C32H34ClN7O3/c1-19-28(21-8-9-25(33)24(15-21)31(42)39-12-10-23(41)18-39)30-36-26(32(2,3)43)16-27(40(30)37-19)35-17-20-6-5-7-22(14-20)29-34-11-13-38(29)4/h5-9,11,13-16,23,35,41,43H,10,12,17-18H2,1-4H3/t23-/m0/s1. The maximum Gasteiger partial charge on any atom is 0.255 e. The van der Waals surface area contributed by atoms with E-state index in [4.69, 9.17) is 21.7 Å². The Hall–Kier alpha value is -4.25. The minimum absolute atomic E-state index is 0.224. The fourth-order valence-corrected chi connectivity index (χ4v) is 5.70. The van der Waals surface area contributed by atoms with E-state index in [0.29, 0.717) is 52.9 Å². The van der Waals surface area contributed by atoms with Crippen LogP contribution in [0.1, 0.15) is 47.6 Å². The molecule has 0 unspecified atom stereocenters. The van der Waals surface area contributed by atoms with Crippen LogP contribution in [0.2, 0.25) is 5.02 Å². The molecule has 1 atom stereocenters. The molecule has 1 aliphatic heterocycles. The first-order chi connectivity index (χ1) is 20.5. The van der Waals surface area contributed by atoms with Crippen molar-refractivity contribution in [1.29, 1.82) is 0 Å². The minimum atomic E-state index is -1.22. The van der Waals surface area contributed by atoms with Crippen molar-refractivity contribution >= 4 is 29.0 Å². The zero-order valence-corrected chi connectivity index (χ0v) is 25.3. The van der Waals surface area contributed by atoms with Crippen LogP contribution in [0.15, 0.2) is 60.9 Å². The van der Waals surface area contributed by atoms with Crippen LogP contribution in [0.5, 0.6) is 0 Å². The lowest BCUT2D eigenvalue weighted by Crippen LogP contribution is -2.29. The van der Waals surface area contributed by atoms with E-state index in [1.807, 2.05) is 49.0 Å². The number of aryl methyl sites for hydroxylation is 2. The van der Waals surface area contributed by atoms with Gasteiger partial charge < -0.3 is 25.0 Å². The van der Waals surface area contributed by atoms with Crippen LogP contribution in [0, 0.1) is 6.92 Å². The van der Waals surface area contributed by atoms with Gasteiger partial charge in [0, 0.05) is 56.3 Å². The molecule has 1 fully saturated rings. The Bertz CT molecular complexity index is 1840. The van der Waals surface area contributed by atoms with Crippen molar-refractivity contribution in [2.24, 2.45) is 7.05 Å². The lowest BCUT2D eigenvalue weighted by Gasteiger charge is -2.19. The molecule has 1 saturated heterocycles. The molecule has 4 heterocycles. The van der Waals surface area contributed by atoms with Crippen LogP contribution in [-0.4, -0.2) is 64.4 Å². The molecule has 43 heavy (non-hydrogen) atoms. The summed E-state index contributed by atoms with van der Waals surface area (Å²) in [5.74, 6) is 1.32. The highest BCUT2D eigenvalue weighted by Gasteiger charge is 2.28. The lowest BCUT2D eigenvalue weighted by atomic mass is 10.0. The predicted molar refractivity (Wildman–Crippen MR) is 166 cm³/mol. The summed E-state index contributed by atoms with van der Waals surface area (Å²) in [6.07, 6.45) is 3.71. The number of rotatable bonds is 7. The Morgan fingerprint density at radius 2 is 1.98 bits per heavy atom.